The molecule has 0 saturated carbocycles. The number of hydrogen-bond acceptors (Lipinski definition) is 5. The van der Waals surface area contributed by atoms with Crippen LogP contribution in [0.1, 0.15) is 29.1 Å². The van der Waals surface area contributed by atoms with Gasteiger partial charge in [-0.1, -0.05) is 38.1 Å². The molecule has 0 unspecified atom stereocenters. The maximum absolute atomic E-state index is 11.9. The lowest BCUT2D eigenvalue weighted by Crippen LogP contribution is -2.22. The predicted octanol–water partition coefficient (Wildman–Crippen LogP) is 3.42. The number of hydrogen-bond donors (Lipinski definition) is 2. The van der Waals surface area contributed by atoms with Crippen LogP contribution < -0.4 is 5.32 Å². The van der Waals surface area contributed by atoms with Gasteiger partial charge in [-0.15, -0.1) is 11.3 Å². The van der Waals surface area contributed by atoms with Crippen LogP contribution in [0.25, 0.3) is 10.4 Å². The van der Waals surface area contributed by atoms with E-state index in [1.165, 1.54) is 12.7 Å². The van der Waals surface area contributed by atoms with E-state index in [1.807, 2.05) is 24.3 Å². The molecular weight excluding hydrogens is 342 g/mol. The van der Waals surface area contributed by atoms with Crippen molar-refractivity contribution in [1.29, 1.82) is 0 Å². The molecule has 1 aromatic heterocycles. The minimum Gasteiger partial charge on any atom is -0.474 e. The van der Waals surface area contributed by atoms with Crippen molar-refractivity contribution in [2.24, 2.45) is 5.92 Å². The lowest BCUT2D eigenvalue weighted by Gasteiger charge is -2.05. The number of benzene rings is 1. The van der Waals surface area contributed by atoms with Gasteiger partial charge >= 0.3 is 17.8 Å². The third kappa shape index (κ3) is 4.67. The van der Waals surface area contributed by atoms with Gasteiger partial charge in [0.1, 0.15) is 4.88 Å². The van der Waals surface area contributed by atoms with Crippen molar-refractivity contribution in [2.45, 2.75) is 20.3 Å². The molecule has 0 spiro atoms. The fourth-order valence-corrected chi connectivity index (χ4v) is 3.36. The van der Waals surface area contributed by atoms with Gasteiger partial charge in [-0.05, 0) is 29.5 Å². The van der Waals surface area contributed by atoms with Crippen LogP contribution in [-0.4, -0.2) is 30.1 Å². The molecule has 1 heterocycles. The molecule has 0 aliphatic heterocycles. The number of carboxylic acid groups (broad SMARTS) is 1. The topological polar surface area (TPSA) is 92.7 Å². The molecule has 0 aliphatic rings. The van der Waals surface area contributed by atoms with Crippen LogP contribution >= 0.6 is 11.3 Å². The predicted molar refractivity (Wildman–Crippen MR) is 95.9 cm³/mol. The van der Waals surface area contributed by atoms with Gasteiger partial charge in [0.25, 0.3) is 0 Å². The first kappa shape index (κ1) is 18.7. The molecule has 0 fully saturated rings. The number of carbonyl (C=O) groups is 3. The summed E-state index contributed by atoms with van der Waals surface area (Å²) in [6.45, 7) is 4.29. The zero-order valence-electron chi connectivity index (χ0n) is 14.2. The molecule has 0 aliphatic carbocycles. The van der Waals surface area contributed by atoms with E-state index < -0.39 is 17.8 Å². The summed E-state index contributed by atoms with van der Waals surface area (Å²) in [5, 5.41) is 11.0. The summed E-state index contributed by atoms with van der Waals surface area (Å²) < 4.78 is 4.70. The first-order valence-electron chi connectivity index (χ1n) is 7.67. The number of carboxylic acids is 1. The molecule has 1 aromatic carbocycles. The standard InChI is InChI=1S/C18H19NO5S/c1-10(2)8-11-4-6-12(7-5-11)14-9-13(19-16(20)17(21)22)15(25-14)18(23)24-3/h4-7,9-10H,8H2,1-3H3,(H,19,20)(H,21,22). The Kier molecular flexibility index (Phi) is 5.93. The number of rotatable bonds is 5. The van der Waals surface area contributed by atoms with Crippen LogP contribution in [-0.2, 0) is 20.7 Å². The van der Waals surface area contributed by atoms with E-state index in [0.717, 1.165) is 28.2 Å². The van der Waals surface area contributed by atoms with Gasteiger partial charge in [0, 0.05) is 4.88 Å². The molecule has 0 radical (unpaired) electrons. The molecule has 7 heteroatoms. The first-order valence-corrected chi connectivity index (χ1v) is 8.49. The summed E-state index contributed by atoms with van der Waals surface area (Å²) in [5.74, 6) is -2.91. The number of ether oxygens (including phenoxy) is 1. The Morgan fingerprint density at radius 3 is 2.36 bits per heavy atom. The van der Waals surface area contributed by atoms with Crippen molar-refractivity contribution in [3.8, 4) is 10.4 Å². The number of nitrogens with one attached hydrogen (secondary N) is 1. The lowest BCUT2D eigenvalue weighted by molar-refractivity contribution is -0.147. The fraction of sp³-hybridized carbons (Fsp3) is 0.278. The Morgan fingerprint density at radius 1 is 1.20 bits per heavy atom. The zero-order valence-corrected chi connectivity index (χ0v) is 15.0. The highest BCUT2D eigenvalue weighted by Crippen LogP contribution is 2.35. The Bertz CT molecular complexity index is 792. The van der Waals surface area contributed by atoms with E-state index in [9.17, 15) is 14.4 Å². The van der Waals surface area contributed by atoms with Crippen molar-refractivity contribution < 1.29 is 24.2 Å². The Balaban J connectivity index is 2.35. The Labute approximate surface area is 149 Å². The van der Waals surface area contributed by atoms with E-state index in [2.05, 4.69) is 19.2 Å². The van der Waals surface area contributed by atoms with E-state index in [-0.39, 0.29) is 10.6 Å². The highest BCUT2D eigenvalue weighted by Gasteiger charge is 2.21. The highest BCUT2D eigenvalue weighted by molar-refractivity contribution is 7.18. The molecule has 2 rings (SSSR count). The van der Waals surface area contributed by atoms with E-state index in [4.69, 9.17) is 9.84 Å². The SMILES string of the molecule is COC(=O)c1sc(-c2ccc(CC(C)C)cc2)cc1NC(=O)C(=O)O. The van der Waals surface area contributed by atoms with Gasteiger partial charge < -0.3 is 15.2 Å². The molecule has 1 amide bonds. The van der Waals surface area contributed by atoms with E-state index in [0.29, 0.717) is 5.92 Å². The summed E-state index contributed by atoms with van der Waals surface area (Å²) >= 11 is 1.14. The number of aliphatic carboxylic acids is 1. The second-order valence-corrected chi connectivity index (χ2v) is 6.95. The molecule has 0 atom stereocenters. The summed E-state index contributed by atoms with van der Waals surface area (Å²) in [6.07, 6.45) is 0.970. The molecule has 0 saturated heterocycles. The summed E-state index contributed by atoms with van der Waals surface area (Å²) in [6, 6.07) is 9.49. The number of carbonyl (C=O) groups excluding carboxylic acids is 2. The van der Waals surface area contributed by atoms with Crippen molar-refractivity contribution in [1.82, 2.24) is 0 Å². The molecule has 0 bridgehead atoms. The van der Waals surface area contributed by atoms with Gasteiger partial charge in [0.05, 0.1) is 12.8 Å². The number of methoxy groups -OCH3 is 1. The third-order valence-corrected chi connectivity index (χ3v) is 4.59. The van der Waals surface area contributed by atoms with Crippen molar-refractivity contribution in [3.63, 3.8) is 0 Å². The number of esters is 1. The molecular formula is C18H19NO5S. The molecule has 2 N–H and O–H groups in total. The van der Waals surface area contributed by atoms with Crippen LogP contribution in [0.3, 0.4) is 0 Å². The van der Waals surface area contributed by atoms with Gasteiger partial charge in [0.2, 0.25) is 0 Å². The minimum absolute atomic E-state index is 0.130. The smallest absolute Gasteiger partial charge is 0.394 e. The fourth-order valence-electron chi connectivity index (χ4n) is 2.32. The Hall–Kier alpha value is -2.67. The molecule has 132 valence electrons. The lowest BCUT2D eigenvalue weighted by atomic mass is 10.0. The van der Waals surface area contributed by atoms with Crippen LogP contribution in [0, 0.1) is 5.92 Å². The van der Waals surface area contributed by atoms with Crippen LogP contribution in [0.15, 0.2) is 30.3 Å². The van der Waals surface area contributed by atoms with Crippen molar-refractivity contribution in [2.75, 3.05) is 12.4 Å². The summed E-state index contributed by atoms with van der Waals surface area (Å²) in [5.41, 5.74) is 2.21. The second kappa shape index (κ2) is 7.94. The monoisotopic (exact) mass is 361 g/mol. The van der Waals surface area contributed by atoms with Gasteiger partial charge in [-0.25, -0.2) is 9.59 Å². The van der Waals surface area contributed by atoms with Gasteiger partial charge in [-0.3, -0.25) is 4.79 Å². The molecule has 6 nitrogen and oxygen atoms in total. The van der Waals surface area contributed by atoms with Crippen molar-refractivity contribution in [3.05, 3.63) is 40.8 Å². The first-order chi connectivity index (χ1) is 11.8. The van der Waals surface area contributed by atoms with Crippen molar-refractivity contribution >= 4 is 34.9 Å². The Morgan fingerprint density at radius 2 is 1.84 bits per heavy atom. The normalized spacial score (nSPS) is 10.6. The number of amides is 1. The van der Waals surface area contributed by atoms with Gasteiger partial charge in [0.15, 0.2) is 0 Å². The van der Waals surface area contributed by atoms with E-state index >= 15 is 0 Å². The number of anilines is 1. The average Bonchev–Trinajstić information content (AvgIpc) is 2.98. The maximum atomic E-state index is 11.9. The molecule has 25 heavy (non-hydrogen) atoms. The quantitative estimate of drug-likeness (QED) is 0.629. The minimum atomic E-state index is -1.62. The number of thiophene rings is 1. The zero-order chi connectivity index (χ0) is 18.6. The highest BCUT2D eigenvalue weighted by atomic mass is 32.1. The van der Waals surface area contributed by atoms with Crippen LogP contribution in [0.5, 0.6) is 0 Å². The maximum Gasteiger partial charge on any atom is 0.394 e. The van der Waals surface area contributed by atoms with Crippen LogP contribution in [0.4, 0.5) is 5.69 Å². The summed E-state index contributed by atoms with van der Waals surface area (Å²) in [7, 11) is 1.23. The summed E-state index contributed by atoms with van der Waals surface area (Å²) in [4.78, 5) is 34.9. The second-order valence-electron chi connectivity index (χ2n) is 5.90. The average molecular weight is 361 g/mol. The molecule has 2 aromatic rings. The largest absolute Gasteiger partial charge is 0.474 e. The van der Waals surface area contributed by atoms with Gasteiger partial charge in [-0.2, -0.15) is 0 Å². The van der Waals surface area contributed by atoms with Crippen LogP contribution in [0.2, 0.25) is 0 Å². The third-order valence-electron chi connectivity index (χ3n) is 3.43. The van der Waals surface area contributed by atoms with E-state index in [1.54, 1.807) is 6.07 Å².